The number of hydrogen-bond donors (Lipinski definition) is 1. The Bertz CT molecular complexity index is 923. The van der Waals surface area contributed by atoms with Crippen molar-refractivity contribution in [2.75, 3.05) is 6.61 Å². The molecule has 0 spiro atoms. The van der Waals surface area contributed by atoms with Crippen molar-refractivity contribution in [3.8, 4) is 5.75 Å². The molecule has 1 unspecified atom stereocenters. The maximum absolute atomic E-state index is 12.8. The summed E-state index contributed by atoms with van der Waals surface area (Å²) in [5, 5.41) is 1.44. The minimum atomic E-state index is -0.268. The number of benzene rings is 1. The maximum atomic E-state index is 12.8. The number of rotatable bonds is 2. The molecule has 1 aliphatic rings. The second-order valence-corrected chi connectivity index (χ2v) is 6.21. The van der Waals surface area contributed by atoms with Crippen LogP contribution in [0.1, 0.15) is 15.9 Å². The second kappa shape index (κ2) is 5.51. The molecule has 1 aromatic carbocycles. The zero-order valence-electron chi connectivity index (χ0n) is 11.8. The van der Waals surface area contributed by atoms with Gasteiger partial charge < -0.3 is 9.72 Å². The van der Waals surface area contributed by atoms with E-state index < -0.39 is 0 Å². The first-order valence-corrected chi connectivity index (χ1v) is 7.82. The van der Waals surface area contributed by atoms with Crippen molar-refractivity contribution in [3.63, 3.8) is 0 Å². The largest absolute Gasteiger partial charge is 0.493 e. The van der Waals surface area contributed by atoms with E-state index in [1.807, 2.05) is 12.1 Å². The molecule has 1 atom stereocenters. The molecule has 3 aromatic rings. The van der Waals surface area contributed by atoms with Crippen LogP contribution >= 0.6 is 23.2 Å². The molecule has 116 valence electrons. The van der Waals surface area contributed by atoms with Gasteiger partial charge in [0.1, 0.15) is 11.4 Å². The second-order valence-electron chi connectivity index (χ2n) is 5.43. The van der Waals surface area contributed by atoms with Crippen molar-refractivity contribution in [1.29, 1.82) is 0 Å². The van der Waals surface area contributed by atoms with Gasteiger partial charge in [0, 0.05) is 28.4 Å². The lowest BCUT2D eigenvalue weighted by Crippen LogP contribution is -2.28. The summed E-state index contributed by atoms with van der Waals surface area (Å²) in [7, 11) is 0. The highest BCUT2D eigenvalue weighted by molar-refractivity contribution is 6.30. The van der Waals surface area contributed by atoms with Gasteiger partial charge in [-0.3, -0.25) is 4.79 Å². The van der Waals surface area contributed by atoms with Crippen LogP contribution in [0.2, 0.25) is 10.3 Å². The molecule has 0 aliphatic carbocycles. The van der Waals surface area contributed by atoms with Gasteiger partial charge in [0.25, 0.3) is 0 Å². The Balaban J connectivity index is 1.66. The molecule has 0 amide bonds. The Morgan fingerprint density at radius 1 is 1.35 bits per heavy atom. The number of aromatic nitrogens is 3. The highest BCUT2D eigenvalue weighted by atomic mass is 35.5. The summed E-state index contributed by atoms with van der Waals surface area (Å²) in [6.07, 6.45) is 3.80. The number of nitrogens with zero attached hydrogens (tertiary/aromatic N) is 2. The van der Waals surface area contributed by atoms with Gasteiger partial charge in [-0.25, -0.2) is 4.98 Å². The van der Waals surface area contributed by atoms with E-state index in [0.717, 1.165) is 11.3 Å². The van der Waals surface area contributed by atoms with Crippen molar-refractivity contribution in [1.82, 2.24) is 15.0 Å². The molecule has 0 fully saturated rings. The predicted molar refractivity (Wildman–Crippen MR) is 87.4 cm³/mol. The van der Waals surface area contributed by atoms with Gasteiger partial charge in [0.05, 0.1) is 12.5 Å². The normalized spacial score (nSPS) is 16.9. The number of aromatic amines is 1. The van der Waals surface area contributed by atoms with Gasteiger partial charge in [0.2, 0.25) is 5.28 Å². The molecule has 7 heteroatoms. The number of carbonyl (C=O) groups is 1. The molecule has 0 bridgehead atoms. The van der Waals surface area contributed by atoms with Gasteiger partial charge in [-0.1, -0.05) is 11.6 Å². The molecule has 0 radical (unpaired) electrons. The summed E-state index contributed by atoms with van der Waals surface area (Å²) >= 11 is 11.8. The Morgan fingerprint density at radius 3 is 3.09 bits per heavy atom. The Kier molecular flexibility index (Phi) is 3.47. The molecule has 2 aromatic heterocycles. The molecular formula is C16H11Cl2N3O2. The molecule has 5 nitrogen and oxygen atoms in total. The monoisotopic (exact) mass is 347 g/mol. The van der Waals surface area contributed by atoms with Crippen LogP contribution in [0.5, 0.6) is 5.75 Å². The predicted octanol–water partition coefficient (Wildman–Crippen LogP) is 3.70. The van der Waals surface area contributed by atoms with Crippen molar-refractivity contribution in [2.45, 2.75) is 6.42 Å². The SMILES string of the molecule is O=C(c1c[nH]c2nc(Cl)ncc12)C1COc2ccc(Cl)cc2C1. The van der Waals surface area contributed by atoms with E-state index in [1.165, 1.54) is 0 Å². The quantitative estimate of drug-likeness (QED) is 0.566. The van der Waals surface area contributed by atoms with E-state index >= 15 is 0 Å². The summed E-state index contributed by atoms with van der Waals surface area (Å²) in [4.78, 5) is 23.8. The first kappa shape index (κ1) is 14.5. The molecule has 23 heavy (non-hydrogen) atoms. The number of fused-ring (bicyclic) bond motifs is 2. The lowest BCUT2D eigenvalue weighted by atomic mass is 9.90. The molecule has 1 N–H and O–H groups in total. The van der Waals surface area contributed by atoms with E-state index in [9.17, 15) is 4.79 Å². The van der Waals surface area contributed by atoms with E-state index in [2.05, 4.69) is 15.0 Å². The Labute approximate surface area is 141 Å². The Hall–Kier alpha value is -2.11. The van der Waals surface area contributed by atoms with E-state index in [-0.39, 0.29) is 17.0 Å². The number of Topliss-reactive ketones (excluding diaryl/α,β-unsaturated/α-hetero) is 1. The van der Waals surface area contributed by atoms with Gasteiger partial charge in [0.15, 0.2) is 5.78 Å². The fourth-order valence-electron chi connectivity index (χ4n) is 2.84. The summed E-state index contributed by atoms with van der Waals surface area (Å²) in [5.74, 6) is 0.510. The smallest absolute Gasteiger partial charge is 0.224 e. The average Bonchev–Trinajstić information content (AvgIpc) is 2.96. The van der Waals surface area contributed by atoms with Crippen LogP contribution in [0.4, 0.5) is 0 Å². The highest BCUT2D eigenvalue weighted by Crippen LogP contribution is 2.32. The number of carbonyl (C=O) groups excluding carboxylic acids is 1. The van der Waals surface area contributed by atoms with Crippen molar-refractivity contribution < 1.29 is 9.53 Å². The minimum absolute atomic E-state index is 0.00667. The van der Waals surface area contributed by atoms with Crippen molar-refractivity contribution in [2.24, 2.45) is 5.92 Å². The highest BCUT2D eigenvalue weighted by Gasteiger charge is 2.28. The molecular weight excluding hydrogens is 337 g/mol. The number of H-pyrrole nitrogens is 1. The Morgan fingerprint density at radius 2 is 2.22 bits per heavy atom. The third-order valence-corrected chi connectivity index (χ3v) is 4.39. The van der Waals surface area contributed by atoms with Crippen LogP contribution in [-0.4, -0.2) is 27.3 Å². The lowest BCUT2D eigenvalue weighted by Gasteiger charge is -2.24. The fraction of sp³-hybridized carbons (Fsp3) is 0.188. The molecule has 0 saturated carbocycles. The van der Waals surface area contributed by atoms with Crippen LogP contribution in [0, 0.1) is 5.92 Å². The summed E-state index contributed by atoms with van der Waals surface area (Å²) < 4.78 is 5.70. The summed E-state index contributed by atoms with van der Waals surface area (Å²) in [6.45, 7) is 0.342. The third kappa shape index (κ3) is 2.56. The number of halogens is 2. The summed E-state index contributed by atoms with van der Waals surface area (Å²) in [6, 6.07) is 5.46. The van der Waals surface area contributed by atoms with Crippen LogP contribution < -0.4 is 4.74 Å². The van der Waals surface area contributed by atoms with E-state index in [1.54, 1.807) is 18.5 Å². The molecule has 3 heterocycles. The van der Waals surface area contributed by atoms with Crippen molar-refractivity contribution in [3.05, 3.63) is 52.0 Å². The average molecular weight is 348 g/mol. The topological polar surface area (TPSA) is 67.9 Å². The molecule has 1 aliphatic heterocycles. The van der Waals surface area contributed by atoms with E-state index in [4.69, 9.17) is 27.9 Å². The van der Waals surface area contributed by atoms with Gasteiger partial charge >= 0.3 is 0 Å². The number of nitrogens with one attached hydrogen (secondary N) is 1. The number of ether oxygens (including phenoxy) is 1. The zero-order chi connectivity index (χ0) is 16.0. The number of hydrogen-bond acceptors (Lipinski definition) is 4. The standard InChI is InChI=1S/C16H11Cl2N3O2/c17-10-1-2-13-8(4-10)3-9(7-23-13)14(22)11-5-19-15-12(11)6-20-16(18)21-15/h1-2,4-6,9H,3,7H2,(H,19,20,21). The minimum Gasteiger partial charge on any atom is -0.493 e. The van der Waals surface area contributed by atoms with Crippen LogP contribution in [0.3, 0.4) is 0 Å². The van der Waals surface area contributed by atoms with Crippen LogP contribution in [0.25, 0.3) is 11.0 Å². The lowest BCUT2D eigenvalue weighted by molar-refractivity contribution is 0.0857. The zero-order valence-corrected chi connectivity index (χ0v) is 13.4. The van der Waals surface area contributed by atoms with Gasteiger partial charge in [-0.15, -0.1) is 0 Å². The maximum Gasteiger partial charge on any atom is 0.224 e. The molecule has 4 rings (SSSR count). The first-order chi connectivity index (χ1) is 11.1. The van der Waals surface area contributed by atoms with Gasteiger partial charge in [-0.2, -0.15) is 4.98 Å². The fourth-order valence-corrected chi connectivity index (χ4v) is 3.17. The van der Waals surface area contributed by atoms with E-state index in [0.29, 0.717) is 34.6 Å². The third-order valence-electron chi connectivity index (χ3n) is 3.97. The van der Waals surface area contributed by atoms with Crippen molar-refractivity contribution >= 4 is 40.0 Å². The molecule has 0 saturated heterocycles. The van der Waals surface area contributed by atoms with Gasteiger partial charge in [-0.05, 0) is 41.8 Å². The first-order valence-electron chi connectivity index (χ1n) is 7.07. The summed E-state index contributed by atoms with van der Waals surface area (Å²) in [5.41, 5.74) is 2.05. The van der Waals surface area contributed by atoms with Crippen LogP contribution in [-0.2, 0) is 6.42 Å². The van der Waals surface area contributed by atoms with Crippen LogP contribution in [0.15, 0.2) is 30.6 Å². The number of ketones is 1.